The van der Waals surface area contributed by atoms with Gasteiger partial charge in [0, 0.05) is 18.6 Å². The lowest BCUT2D eigenvalue weighted by atomic mass is 9.84. The second-order valence-corrected chi connectivity index (χ2v) is 6.12. The van der Waals surface area contributed by atoms with Crippen LogP contribution in [0, 0.1) is 11.8 Å². The van der Waals surface area contributed by atoms with Crippen LogP contribution in [0.3, 0.4) is 0 Å². The zero-order valence-electron chi connectivity index (χ0n) is 11.2. The molecule has 2 fully saturated rings. The molecule has 2 heteroatoms. The Balaban J connectivity index is 1.88. The highest BCUT2D eigenvalue weighted by molar-refractivity contribution is 4.87. The Labute approximate surface area is 101 Å². The van der Waals surface area contributed by atoms with Gasteiger partial charge in [0.15, 0.2) is 0 Å². The molecule has 2 nitrogen and oxygen atoms in total. The molecule has 0 bridgehead atoms. The van der Waals surface area contributed by atoms with Crippen molar-refractivity contribution in [3.05, 3.63) is 0 Å². The van der Waals surface area contributed by atoms with Crippen LogP contribution in [-0.2, 0) is 0 Å². The molecular formula is C14H28N2. The maximum Gasteiger partial charge on any atom is 0.0246 e. The predicted octanol–water partition coefficient (Wildman–Crippen LogP) is 2.49. The standard InChI is InChI=1S/C14H28N2/c1-11-4-6-13(7-5-11)16(3)14-10-15-9-8-12(14)2/h11-15H,4-10H2,1-3H3. The molecule has 1 aliphatic carbocycles. The van der Waals surface area contributed by atoms with Crippen molar-refractivity contribution < 1.29 is 0 Å². The summed E-state index contributed by atoms with van der Waals surface area (Å²) in [7, 11) is 2.36. The van der Waals surface area contributed by atoms with E-state index >= 15 is 0 Å². The molecule has 0 aromatic heterocycles. The van der Waals surface area contributed by atoms with E-state index < -0.39 is 0 Å². The molecule has 2 aliphatic rings. The van der Waals surface area contributed by atoms with Gasteiger partial charge in [-0.2, -0.15) is 0 Å². The highest BCUT2D eigenvalue weighted by atomic mass is 15.2. The van der Waals surface area contributed by atoms with Gasteiger partial charge in [-0.3, -0.25) is 4.90 Å². The first-order chi connectivity index (χ1) is 7.68. The van der Waals surface area contributed by atoms with Crippen molar-refractivity contribution in [2.45, 2.75) is 58.0 Å². The van der Waals surface area contributed by atoms with Gasteiger partial charge in [-0.05, 0) is 57.5 Å². The fourth-order valence-electron chi connectivity index (χ4n) is 3.44. The fourth-order valence-corrected chi connectivity index (χ4v) is 3.44. The summed E-state index contributed by atoms with van der Waals surface area (Å²) in [6.45, 7) is 7.24. The third kappa shape index (κ3) is 2.78. The van der Waals surface area contributed by atoms with E-state index in [1.54, 1.807) is 0 Å². The molecule has 1 aliphatic heterocycles. The summed E-state index contributed by atoms with van der Waals surface area (Å²) in [4.78, 5) is 2.68. The van der Waals surface area contributed by atoms with Crippen molar-refractivity contribution in [3.8, 4) is 0 Å². The Morgan fingerprint density at radius 3 is 2.31 bits per heavy atom. The fraction of sp³-hybridized carbons (Fsp3) is 1.00. The lowest BCUT2D eigenvalue weighted by Gasteiger charge is -2.43. The monoisotopic (exact) mass is 224 g/mol. The molecule has 1 N–H and O–H groups in total. The third-order valence-corrected chi connectivity index (χ3v) is 4.87. The maximum atomic E-state index is 3.55. The quantitative estimate of drug-likeness (QED) is 0.775. The van der Waals surface area contributed by atoms with Crippen molar-refractivity contribution in [2.75, 3.05) is 20.1 Å². The van der Waals surface area contributed by atoms with Gasteiger partial charge in [0.05, 0.1) is 0 Å². The molecule has 0 radical (unpaired) electrons. The first-order valence-electron chi connectivity index (χ1n) is 7.11. The molecule has 0 aromatic rings. The van der Waals surface area contributed by atoms with Crippen molar-refractivity contribution in [3.63, 3.8) is 0 Å². The van der Waals surface area contributed by atoms with E-state index in [4.69, 9.17) is 0 Å². The number of piperidine rings is 1. The van der Waals surface area contributed by atoms with Crippen LogP contribution in [0.1, 0.15) is 46.0 Å². The first-order valence-corrected chi connectivity index (χ1v) is 7.11. The minimum atomic E-state index is 0.771. The molecule has 1 saturated heterocycles. The number of rotatable bonds is 2. The second-order valence-electron chi connectivity index (χ2n) is 6.12. The number of hydrogen-bond acceptors (Lipinski definition) is 2. The minimum Gasteiger partial charge on any atom is -0.315 e. The van der Waals surface area contributed by atoms with E-state index in [2.05, 4.69) is 31.1 Å². The van der Waals surface area contributed by atoms with Crippen molar-refractivity contribution in [1.29, 1.82) is 0 Å². The van der Waals surface area contributed by atoms with Crippen LogP contribution < -0.4 is 5.32 Å². The molecule has 0 amide bonds. The van der Waals surface area contributed by atoms with Crippen LogP contribution in [0.15, 0.2) is 0 Å². The summed E-state index contributed by atoms with van der Waals surface area (Å²) < 4.78 is 0. The molecule has 0 aromatic carbocycles. The Morgan fingerprint density at radius 1 is 1.00 bits per heavy atom. The van der Waals surface area contributed by atoms with Crippen molar-refractivity contribution in [2.24, 2.45) is 11.8 Å². The van der Waals surface area contributed by atoms with Gasteiger partial charge in [-0.15, -0.1) is 0 Å². The molecule has 2 atom stereocenters. The molecule has 16 heavy (non-hydrogen) atoms. The predicted molar refractivity (Wildman–Crippen MR) is 69.6 cm³/mol. The van der Waals surface area contributed by atoms with Crippen LogP contribution >= 0.6 is 0 Å². The first kappa shape index (κ1) is 12.4. The normalized spacial score (nSPS) is 41.2. The lowest BCUT2D eigenvalue weighted by Crippen LogP contribution is -2.52. The Bertz CT molecular complexity index is 209. The Hall–Kier alpha value is -0.0800. The Kier molecular flexibility index (Phi) is 4.26. The van der Waals surface area contributed by atoms with Gasteiger partial charge in [0.25, 0.3) is 0 Å². The smallest absolute Gasteiger partial charge is 0.0246 e. The van der Waals surface area contributed by atoms with Crippen LogP contribution in [-0.4, -0.2) is 37.1 Å². The van der Waals surface area contributed by atoms with Crippen LogP contribution in [0.5, 0.6) is 0 Å². The van der Waals surface area contributed by atoms with Crippen LogP contribution in [0.25, 0.3) is 0 Å². The third-order valence-electron chi connectivity index (χ3n) is 4.87. The molecule has 94 valence electrons. The summed E-state index contributed by atoms with van der Waals surface area (Å²) >= 11 is 0. The van der Waals surface area contributed by atoms with E-state index in [-0.39, 0.29) is 0 Å². The highest BCUT2D eigenvalue weighted by Gasteiger charge is 2.30. The summed E-state index contributed by atoms with van der Waals surface area (Å²) in [5.41, 5.74) is 0. The lowest BCUT2D eigenvalue weighted by molar-refractivity contribution is 0.0778. The average Bonchev–Trinajstić information content (AvgIpc) is 2.30. The summed E-state index contributed by atoms with van der Waals surface area (Å²) in [5.74, 6) is 1.83. The molecule has 0 spiro atoms. The number of nitrogens with one attached hydrogen (secondary N) is 1. The number of likely N-dealkylation sites (N-methyl/N-ethyl adjacent to an activating group) is 1. The Morgan fingerprint density at radius 2 is 1.69 bits per heavy atom. The SMILES string of the molecule is CC1CCC(N(C)C2CNCCC2C)CC1. The number of nitrogens with zero attached hydrogens (tertiary/aromatic N) is 1. The summed E-state index contributed by atoms with van der Waals surface area (Å²) in [6.07, 6.45) is 7.05. The second kappa shape index (κ2) is 5.50. The van der Waals surface area contributed by atoms with E-state index in [1.165, 1.54) is 45.2 Å². The molecule has 2 rings (SSSR count). The topological polar surface area (TPSA) is 15.3 Å². The van der Waals surface area contributed by atoms with E-state index in [9.17, 15) is 0 Å². The van der Waals surface area contributed by atoms with Gasteiger partial charge in [0.2, 0.25) is 0 Å². The van der Waals surface area contributed by atoms with E-state index in [0.717, 1.165) is 23.9 Å². The van der Waals surface area contributed by atoms with Gasteiger partial charge < -0.3 is 5.32 Å². The van der Waals surface area contributed by atoms with Gasteiger partial charge in [-0.1, -0.05) is 13.8 Å². The van der Waals surface area contributed by atoms with Gasteiger partial charge in [0.1, 0.15) is 0 Å². The summed E-state index contributed by atoms with van der Waals surface area (Å²) in [5, 5.41) is 3.55. The van der Waals surface area contributed by atoms with Gasteiger partial charge in [-0.25, -0.2) is 0 Å². The summed E-state index contributed by atoms with van der Waals surface area (Å²) in [6, 6.07) is 1.62. The van der Waals surface area contributed by atoms with Crippen LogP contribution in [0.2, 0.25) is 0 Å². The maximum absolute atomic E-state index is 3.55. The molecule has 2 unspecified atom stereocenters. The van der Waals surface area contributed by atoms with Gasteiger partial charge >= 0.3 is 0 Å². The molecule has 1 saturated carbocycles. The van der Waals surface area contributed by atoms with Crippen molar-refractivity contribution >= 4 is 0 Å². The zero-order valence-corrected chi connectivity index (χ0v) is 11.2. The molecular weight excluding hydrogens is 196 g/mol. The minimum absolute atomic E-state index is 0.771. The zero-order chi connectivity index (χ0) is 11.5. The van der Waals surface area contributed by atoms with E-state index in [0.29, 0.717) is 0 Å². The molecule has 1 heterocycles. The largest absolute Gasteiger partial charge is 0.315 e. The number of hydrogen-bond donors (Lipinski definition) is 1. The van der Waals surface area contributed by atoms with E-state index in [1.807, 2.05) is 0 Å². The van der Waals surface area contributed by atoms with Crippen LogP contribution in [0.4, 0.5) is 0 Å². The average molecular weight is 224 g/mol. The highest BCUT2D eigenvalue weighted by Crippen LogP contribution is 2.29. The van der Waals surface area contributed by atoms with Crippen molar-refractivity contribution in [1.82, 2.24) is 10.2 Å².